The van der Waals surface area contributed by atoms with E-state index in [1.54, 1.807) is 11.3 Å². The van der Waals surface area contributed by atoms with E-state index in [2.05, 4.69) is 24.3 Å². The van der Waals surface area contributed by atoms with E-state index in [-0.39, 0.29) is 0 Å². The molecule has 1 rings (SSSR count). The fourth-order valence-corrected chi connectivity index (χ4v) is 1.75. The summed E-state index contributed by atoms with van der Waals surface area (Å²) in [7, 11) is -1.01. The maximum absolute atomic E-state index is 5.26. The molecular formula is C8H13NOSSi. The van der Waals surface area contributed by atoms with Crippen molar-refractivity contribution in [1.82, 2.24) is 0 Å². The van der Waals surface area contributed by atoms with E-state index in [9.17, 15) is 0 Å². The summed E-state index contributed by atoms with van der Waals surface area (Å²) in [6.45, 7) is 6.18. The SMILES string of the molecule is CC(=NO[SiH](C)C)c1cccs1. The molecule has 0 radical (unpaired) electrons. The van der Waals surface area contributed by atoms with Crippen molar-refractivity contribution >= 4 is 26.1 Å². The third-order valence-corrected chi connectivity index (χ3v) is 2.78. The third-order valence-electron chi connectivity index (χ3n) is 1.28. The van der Waals surface area contributed by atoms with Gasteiger partial charge in [-0.2, -0.15) is 0 Å². The highest BCUT2D eigenvalue weighted by Crippen LogP contribution is 2.09. The van der Waals surface area contributed by atoms with Crippen LogP contribution in [0.3, 0.4) is 0 Å². The number of oxime groups is 1. The maximum Gasteiger partial charge on any atom is 0.266 e. The first-order valence-electron chi connectivity index (χ1n) is 3.94. The lowest BCUT2D eigenvalue weighted by molar-refractivity contribution is 0.352. The largest absolute Gasteiger partial charge is 0.459 e. The van der Waals surface area contributed by atoms with Gasteiger partial charge in [0.25, 0.3) is 9.04 Å². The van der Waals surface area contributed by atoms with Crippen molar-refractivity contribution < 1.29 is 4.53 Å². The Kier molecular flexibility index (Phi) is 3.49. The number of thiophene rings is 1. The molecule has 0 unspecified atom stereocenters. The second-order valence-electron chi connectivity index (χ2n) is 2.81. The van der Waals surface area contributed by atoms with E-state index < -0.39 is 9.04 Å². The molecule has 0 bridgehead atoms. The van der Waals surface area contributed by atoms with E-state index >= 15 is 0 Å². The Labute approximate surface area is 78.6 Å². The Morgan fingerprint density at radius 1 is 1.58 bits per heavy atom. The molecule has 1 aromatic rings. The zero-order valence-electron chi connectivity index (χ0n) is 7.57. The van der Waals surface area contributed by atoms with Crippen LogP contribution in [0.1, 0.15) is 11.8 Å². The summed E-state index contributed by atoms with van der Waals surface area (Å²) in [5.41, 5.74) is 0.978. The summed E-state index contributed by atoms with van der Waals surface area (Å²) >= 11 is 1.69. The van der Waals surface area contributed by atoms with Crippen LogP contribution in [-0.4, -0.2) is 14.8 Å². The fraction of sp³-hybridized carbons (Fsp3) is 0.375. The first-order chi connectivity index (χ1) is 5.70. The normalized spacial score (nSPS) is 12.2. The minimum absolute atomic E-state index is 0.978. The third kappa shape index (κ3) is 2.79. The Morgan fingerprint density at radius 3 is 2.83 bits per heavy atom. The van der Waals surface area contributed by atoms with E-state index in [4.69, 9.17) is 4.53 Å². The molecule has 0 saturated carbocycles. The van der Waals surface area contributed by atoms with Gasteiger partial charge in [-0.3, -0.25) is 0 Å². The lowest BCUT2D eigenvalue weighted by Crippen LogP contribution is -2.04. The van der Waals surface area contributed by atoms with Crippen LogP contribution in [0.4, 0.5) is 0 Å². The first-order valence-corrected chi connectivity index (χ1v) is 7.60. The van der Waals surface area contributed by atoms with Crippen molar-refractivity contribution in [3.63, 3.8) is 0 Å². The average molecular weight is 199 g/mol. The molecule has 1 heterocycles. The van der Waals surface area contributed by atoms with Crippen LogP contribution in [0.15, 0.2) is 22.7 Å². The minimum atomic E-state index is -1.01. The average Bonchev–Trinajstić information content (AvgIpc) is 2.51. The standard InChI is InChI=1S/C8H13NOSSi/c1-7(9-10-12(2)3)8-5-4-6-11-8/h4-6,12H,1-3H3. The maximum atomic E-state index is 5.26. The molecule has 0 saturated heterocycles. The van der Waals surface area contributed by atoms with Crippen molar-refractivity contribution in [3.8, 4) is 0 Å². The molecule has 1 aromatic heterocycles. The quantitative estimate of drug-likeness (QED) is 0.416. The molecule has 0 fully saturated rings. The first kappa shape index (κ1) is 9.47. The van der Waals surface area contributed by atoms with E-state index in [0.29, 0.717) is 0 Å². The topological polar surface area (TPSA) is 21.6 Å². The van der Waals surface area contributed by atoms with E-state index in [1.165, 1.54) is 4.88 Å². The monoisotopic (exact) mass is 199 g/mol. The summed E-state index contributed by atoms with van der Waals surface area (Å²) < 4.78 is 5.26. The van der Waals surface area contributed by atoms with Crippen molar-refractivity contribution in [2.75, 3.05) is 0 Å². The highest BCUT2D eigenvalue weighted by molar-refractivity contribution is 7.12. The Balaban J connectivity index is 2.59. The van der Waals surface area contributed by atoms with Gasteiger partial charge in [-0.25, -0.2) is 0 Å². The summed E-state index contributed by atoms with van der Waals surface area (Å²) in [6.07, 6.45) is 0. The van der Waals surface area contributed by atoms with E-state index in [0.717, 1.165) is 5.71 Å². The Bertz CT molecular complexity index is 256. The number of hydrogen-bond donors (Lipinski definition) is 0. The summed E-state index contributed by atoms with van der Waals surface area (Å²) in [4.78, 5) is 1.18. The van der Waals surface area contributed by atoms with Crippen LogP contribution in [-0.2, 0) is 4.53 Å². The van der Waals surface area contributed by atoms with Gasteiger partial charge in [-0.15, -0.1) is 16.5 Å². The molecule has 66 valence electrons. The molecule has 0 aliphatic carbocycles. The molecule has 0 aliphatic heterocycles. The molecule has 0 amide bonds. The van der Waals surface area contributed by atoms with Gasteiger partial charge >= 0.3 is 0 Å². The van der Waals surface area contributed by atoms with Gasteiger partial charge < -0.3 is 4.53 Å². The van der Waals surface area contributed by atoms with Gasteiger partial charge in [0, 0.05) is 0 Å². The Morgan fingerprint density at radius 2 is 2.33 bits per heavy atom. The molecular weight excluding hydrogens is 186 g/mol. The second-order valence-corrected chi connectivity index (χ2v) is 6.06. The molecule has 2 nitrogen and oxygen atoms in total. The number of hydrogen-bond acceptors (Lipinski definition) is 3. The fourth-order valence-electron chi connectivity index (χ4n) is 0.714. The second kappa shape index (κ2) is 4.42. The van der Waals surface area contributed by atoms with Gasteiger partial charge in [0.05, 0.1) is 10.6 Å². The summed E-state index contributed by atoms with van der Waals surface area (Å²) in [5, 5.41) is 6.10. The zero-order valence-corrected chi connectivity index (χ0v) is 9.54. The Hall–Kier alpha value is -0.613. The zero-order chi connectivity index (χ0) is 8.97. The van der Waals surface area contributed by atoms with Gasteiger partial charge in [0.15, 0.2) is 0 Å². The molecule has 0 spiro atoms. The lowest BCUT2D eigenvalue weighted by atomic mass is 10.3. The highest BCUT2D eigenvalue weighted by atomic mass is 32.1. The minimum Gasteiger partial charge on any atom is -0.459 e. The van der Waals surface area contributed by atoms with Crippen molar-refractivity contribution in [2.24, 2.45) is 5.16 Å². The highest BCUT2D eigenvalue weighted by Gasteiger charge is 1.99. The van der Waals surface area contributed by atoms with Gasteiger partial charge in [0.2, 0.25) is 0 Å². The summed E-state index contributed by atoms with van der Waals surface area (Å²) in [5.74, 6) is 0. The van der Waals surface area contributed by atoms with Crippen LogP contribution >= 0.6 is 11.3 Å². The molecule has 0 atom stereocenters. The molecule has 0 aliphatic rings. The van der Waals surface area contributed by atoms with Crippen molar-refractivity contribution in [3.05, 3.63) is 22.4 Å². The van der Waals surface area contributed by atoms with Gasteiger partial charge in [-0.05, 0) is 31.5 Å². The van der Waals surface area contributed by atoms with Crippen LogP contribution in [0.2, 0.25) is 13.1 Å². The molecule has 0 aromatic carbocycles. The predicted molar refractivity (Wildman–Crippen MR) is 56.5 cm³/mol. The molecule has 4 heteroatoms. The number of rotatable bonds is 3. The van der Waals surface area contributed by atoms with Gasteiger partial charge in [-0.1, -0.05) is 6.07 Å². The van der Waals surface area contributed by atoms with Gasteiger partial charge in [0.1, 0.15) is 0 Å². The van der Waals surface area contributed by atoms with Crippen molar-refractivity contribution in [2.45, 2.75) is 20.0 Å². The van der Waals surface area contributed by atoms with Crippen LogP contribution < -0.4 is 0 Å². The van der Waals surface area contributed by atoms with Crippen LogP contribution in [0, 0.1) is 0 Å². The lowest BCUT2D eigenvalue weighted by Gasteiger charge is -2.01. The van der Waals surface area contributed by atoms with Crippen LogP contribution in [0.5, 0.6) is 0 Å². The number of nitrogens with zero attached hydrogens (tertiary/aromatic N) is 1. The molecule has 0 N–H and O–H groups in total. The van der Waals surface area contributed by atoms with E-state index in [1.807, 2.05) is 18.4 Å². The molecule has 12 heavy (non-hydrogen) atoms. The summed E-state index contributed by atoms with van der Waals surface area (Å²) in [6, 6.07) is 4.07. The van der Waals surface area contributed by atoms with Crippen LogP contribution in [0.25, 0.3) is 0 Å². The smallest absolute Gasteiger partial charge is 0.266 e. The van der Waals surface area contributed by atoms with Crippen molar-refractivity contribution in [1.29, 1.82) is 0 Å². The predicted octanol–water partition coefficient (Wildman–Crippen LogP) is 2.47.